The molecule has 5 aromatic rings. The number of nitrogens with one attached hydrogen (secondary N) is 1. The average Bonchev–Trinajstić information content (AvgIpc) is 3.13. The first-order chi connectivity index (χ1) is 25.7. The maximum absolute atomic E-state index is 12.5. The van der Waals surface area contributed by atoms with E-state index in [0.717, 1.165) is 42.5 Å². The van der Waals surface area contributed by atoms with Crippen LogP contribution in [-0.2, 0) is 39.9 Å². The zero-order valence-corrected chi connectivity index (χ0v) is 32.1. The van der Waals surface area contributed by atoms with Crippen molar-refractivity contribution in [2.24, 2.45) is 20.5 Å². The summed E-state index contributed by atoms with van der Waals surface area (Å²) in [6.45, 7) is 2.77. The van der Waals surface area contributed by atoms with Gasteiger partial charge in [0.15, 0.2) is 25.4 Å². The highest BCUT2D eigenvalue weighted by Crippen LogP contribution is 2.45. The van der Waals surface area contributed by atoms with Gasteiger partial charge in [0.1, 0.15) is 44.0 Å². The minimum absolute atomic E-state index is 0.0771. The highest BCUT2D eigenvalue weighted by Gasteiger charge is 2.23. The third-order valence-electron chi connectivity index (χ3n) is 7.98. The summed E-state index contributed by atoms with van der Waals surface area (Å²) in [5, 5.41) is 41.1. The van der Waals surface area contributed by atoms with Crippen LogP contribution in [0.3, 0.4) is 0 Å². The normalized spacial score (nSPS) is 12.8. The lowest BCUT2D eigenvalue weighted by Gasteiger charge is -2.14. The predicted octanol–water partition coefficient (Wildman–Crippen LogP) is 6.91. The number of phenolic OH excluding ortho intramolecular Hbond substituents is 2. The van der Waals surface area contributed by atoms with Gasteiger partial charge in [0.25, 0.3) is 20.2 Å². The molecule has 18 nitrogen and oxygen atoms in total. The lowest BCUT2D eigenvalue weighted by molar-refractivity contribution is 0.399. The molecule has 0 heterocycles. The molecule has 5 aromatic carbocycles. The highest BCUT2D eigenvalue weighted by molar-refractivity contribution is 7.91. The molecular weight excluding hydrogens is 803 g/mol. The van der Waals surface area contributed by atoms with Crippen LogP contribution in [0.25, 0.3) is 10.8 Å². The predicted molar refractivity (Wildman–Crippen MR) is 200 cm³/mol. The molecule has 22 heteroatoms. The maximum atomic E-state index is 12.5. The number of benzene rings is 5. The second kappa shape index (κ2) is 15.3. The van der Waals surface area contributed by atoms with Gasteiger partial charge in [-0.2, -0.15) is 16.8 Å². The number of azo groups is 2. The molecule has 0 atom stereocenters. The Hall–Kier alpha value is -5.52. The maximum Gasteiger partial charge on any atom is 0.296 e. The second-order valence-corrected chi connectivity index (χ2v) is 18.8. The number of rotatable bonds is 13. The number of phenols is 2. The Labute approximate surface area is 315 Å². The van der Waals surface area contributed by atoms with Gasteiger partial charge in [-0.3, -0.25) is 9.11 Å². The fraction of sp³-hybridized carbons (Fsp3) is 0.152. The van der Waals surface area contributed by atoms with E-state index in [9.17, 15) is 53.0 Å². The van der Waals surface area contributed by atoms with Gasteiger partial charge in [-0.15, -0.1) is 20.5 Å². The Morgan fingerprint density at radius 1 is 0.618 bits per heavy atom. The third kappa shape index (κ3) is 8.74. The third-order valence-corrected chi connectivity index (χ3v) is 13.2. The number of anilines is 2. The second-order valence-electron chi connectivity index (χ2n) is 11.4. The van der Waals surface area contributed by atoms with Crippen molar-refractivity contribution in [2.75, 3.05) is 23.9 Å². The summed E-state index contributed by atoms with van der Waals surface area (Å²) in [6.07, 6.45) is 0. The van der Waals surface area contributed by atoms with Gasteiger partial charge < -0.3 is 20.3 Å². The topological polar surface area (TPSA) is 288 Å². The lowest BCUT2D eigenvalue weighted by Crippen LogP contribution is -2.06. The van der Waals surface area contributed by atoms with Crippen molar-refractivity contribution in [1.29, 1.82) is 0 Å². The molecule has 5 rings (SSSR count). The van der Waals surface area contributed by atoms with E-state index in [0.29, 0.717) is 0 Å². The molecule has 0 aromatic heterocycles. The zero-order chi connectivity index (χ0) is 40.5. The summed E-state index contributed by atoms with van der Waals surface area (Å²) >= 11 is 0. The molecule has 0 spiro atoms. The summed E-state index contributed by atoms with van der Waals surface area (Å²) in [5.41, 5.74) is -0.634. The Morgan fingerprint density at radius 3 is 1.89 bits per heavy atom. The SMILES string of the molecule is CCS(=O)(=O)c1ccc(N=Nc2c(Nc3cccc(S(=O)(=O)O)c3)ccc3c(O)c(N=Nc4cc(OC)c(S(=O)(=O)CC)cc4O)ccc23)c(S(=O)(=O)O)c1. The Morgan fingerprint density at radius 2 is 1.25 bits per heavy atom. The van der Waals surface area contributed by atoms with Gasteiger partial charge in [-0.1, -0.05) is 19.9 Å². The van der Waals surface area contributed by atoms with Crippen molar-refractivity contribution in [3.8, 4) is 17.2 Å². The van der Waals surface area contributed by atoms with Gasteiger partial charge in [-0.25, -0.2) is 16.8 Å². The molecule has 55 heavy (non-hydrogen) atoms. The summed E-state index contributed by atoms with van der Waals surface area (Å²) in [6, 6.07) is 15.5. The summed E-state index contributed by atoms with van der Waals surface area (Å²) in [5.74, 6) is -1.74. The molecule has 0 aliphatic heterocycles. The van der Waals surface area contributed by atoms with Crippen LogP contribution < -0.4 is 10.1 Å². The van der Waals surface area contributed by atoms with E-state index in [4.69, 9.17) is 4.74 Å². The minimum atomic E-state index is -5.04. The van der Waals surface area contributed by atoms with Crippen LogP contribution in [0.4, 0.5) is 34.1 Å². The van der Waals surface area contributed by atoms with Crippen molar-refractivity contribution < 1.29 is 57.7 Å². The number of sulfone groups is 2. The van der Waals surface area contributed by atoms with E-state index in [1.807, 2.05) is 0 Å². The zero-order valence-electron chi connectivity index (χ0n) is 28.8. The van der Waals surface area contributed by atoms with E-state index in [1.165, 1.54) is 57.4 Å². The molecule has 0 aliphatic carbocycles. The summed E-state index contributed by atoms with van der Waals surface area (Å²) in [7, 11) is -16.1. The number of fused-ring (bicyclic) bond motifs is 1. The van der Waals surface area contributed by atoms with Crippen molar-refractivity contribution >= 4 is 84.8 Å². The Balaban J connectivity index is 1.67. The molecule has 290 valence electrons. The first-order valence-electron chi connectivity index (χ1n) is 15.6. The van der Waals surface area contributed by atoms with Gasteiger partial charge in [0.2, 0.25) is 0 Å². The molecule has 0 fully saturated rings. The van der Waals surface area contributed by atoms with Crippen LogP contribution in [0.2, 0.25) is 0 Å². The van der Waals surface area contributed by atoms with Crippen LogP contribution >= 0.6 is 0 Å². The van der Waals surface area contributed by atoms with Gasteiger partial charge >= 0.3 is 0 Å². The molecule has 0 radical (unpaired) electrons. The molecule has 0 amide bonds. The van der Waals surface area contributed by atoms with Crippen molar-refractivity contribution in [3.05, 3.63) is 78.9 Å². The lowest BCUT2D eigenvalue weighted by atomic mass is 10.0. The van der Waals surface area contributed by atoms with Crippen molar-refractivity contribution in [1.82, 2.24) is 0 Å². The molecule has 0 bridgehead atoms. The number of ether oxygens (including phenoxy) is 1. The number of hydrogen-bond donors (Lipinski definition) is 5. The first kappa shape index (κ1) is 40.7. The van der Waals surface area contributed by atoms with Crippen LogP contribution in [0.5, 0.6) is 17.2 Å². The Kier molecular flexibility index (Phi) is 11.3. The van der Waals surface area contributed by atoms with E-state index in [2.05, 4.69) is 25.8 Å². The van der Waals surface area contributed by atoms with E-state index < -0.39 is 71.8 Å². The van der Waals surface area contributed by atoms with Crippen LogP contribution in [0.15, 0.2) is 119 Å². The number of aromatic hydroxyl groups is 2. The Bertz CT molecular complexity index is 2860. The van der Waals surface area contributed by atoms with E-state index in [-0.39, 0.29) is 61.4 Å². The van der Waals surface area contributed by atoms with Crippen molar-refractivity contribution in [3.63, 3.8) is 0 Å². The van der Waals surface area contributed by atoms with Gasteiger partial charge in [-0.05, 0) is 60.7 Å². The standard InChI is InChI=1S/C33H31N5O13S4/c1-4-52(41,42)20-9-12-24(30(16-20)55(48,49)50)35-38-32-22-10-14-26(36-37-27-17-29(51-3)31(18-28(27)39)53(43,44)5-2)33(40)23(22)11-13-25(32)34-19-7-6-8-21(15-19)54(45,46)47/h6-18,34,39-40H,4-5H2,1-3H3,(H,45,46,47)(H,48,49,50). The number of methoxy groups -OCH3 is 1. The smallest absolute Gasteiger partial charge is 0.296 e. The van der Waals surface area contributed by atoms with E-state index in [1.54, 1.807) is 0 Å². The fourth-order valence-corrected chi connectivity index (χ4v) is 8.28. The molecular formula is C33H31N5O13S4. The van der Waals surface area contributed by atoms with Crippen molar-refractivity contribution in [2.45, 2.75) is 33.4 Å². The average molecular weight is 834 g/mol. The van der Waals surface area contributed by atoms with Crippen LogP contribution in [0.1, 0.15) is 13.8 Å². The minimum Gasteiger partial charge on any atom is -0.506 e. The quantitative estimate of drug-likeness (QED) is 0.0595. The molecule has 0 aliphatic rings. The largest absolute Gasteiger partial charge is 0.506 e. The summed E-state index contributed by atoms with van der Waals surface area (Å²) in [4.78, 5) is -1.97. The van der Waals surface area contributed by atoms with Crippen LogP contribution in [-0.4, -0.2) is 71.6 Å². The van der Waals surface area contributed by atoms with E-state index >= 15 is 0 Å². The van der Waals surface area contributed by atoms with Crippen LogP contribution in [0, 0.1) is 0 Å². The molecule has 5 N–H and O–H groups in total. The first-order valence-corrected chi connectivity index (χ1v) is 21.8. The molecule has 0 unspecified atom stereocenters. The summed E-state index contributed by atoms with van der Waals surface area (Å²) < 4.78 is 123. The molecule has 0 saturated carbocycles. The highest BCUT2D eigenvalue weighted by atomic mass is 32.2. The monoisotopic (exact) mass is 833 g/mol. The van der Waals surface area contributed by atoms with Gasteiger partial charge in [0.05, 0.1) is 34.1 Å². The number of hydrogen-bond acceptors (Lipinski definition) is 16. The van der Waals surface area contributed by atoms with Gasteiger partial charge in [0, 0.05) is 28.6 Å². The fourth-order valence-electron chi connectivity index (χ4n) is 5.07. The molecule has 0 saturated heterocycles. The number of nitrogens with zero attached hydrogens (tertiary/aromatic N) is 4.